The minimum absolute atomic E-state index is 0.307. The van der Waals surface area contributed by atoms with Gasteiger partial charge in [-0.25, -0.2) is 8.42 Å². The summed E-state index contributed by atoms with van der Waals surface area (Å²) in [4.78, 5) is 12.3. The summed E-state index contributed by atoms with van der Waals surface area (Å²) in [5.74, 6) is -0.410. The van der Waals surface area contributed by atoms with Gasteiger partial charge < -0.3 is 5.32 Å². The van der Waals surface area contributed by atoms with Crippen molar-refractivity contribution >= 4 is 38.9 Å². The molecule has 0 aliphatic heterocycles. The first-order chi connectivity index (χ1) is 12.3. The normalized spacial score (nSPS) is 11.2. The first-order valence-corrected chi connectivity index (χ1v) is 10.6. The number of hydrogen-bond acceptors (Lipinski definition) is 3. The van der Waals surface area contributed by atoms with E-state index in [1.165, 1.54) is 5.56 Å². The van der Waals surface area contributed by atoms with Gasteiger partial charge in [0.1, 0.15) is 6.54 Å². The Labute approximate surface area is 160 Å². The third-order valence-corrected chi connectivity index (χ3v) is 5.25. The summed E-state index contributed by atoms with van der Waals surface area (Å²) in [6.45, 7) is 1.83. The van der Waals surface area contributed by atoms with Crippen LogP contribution in [0.15, 0.2) is 48.5 Å². The maximum atomic E-state index is 12.3. The number of amides is 1. The van der Waals surface area contributed by atoms with E-state index in [9.17, 15) is 13.2 Å². The molecule has 0 saturated carbocycles. The number of aryl methyl sites for hydroxylation is 1. The van der Waals surface area contributed by atoms with Crippen molar-refractivity contribution in [2.24, 2.45) is 0 Å². The maximum absolute atomic E-state index is 12.3. The lowest BCUT2D eigenvalue weighted by atomic mass is 10.1. The molecule has 7 heteroatoms. The van der Waals surface area contributed by atoms with E-state index < -0.39 is 15.9 Å². The number of benzene rings is 2. The fraction of sp³-hybridized carbons (Fsp3) is 0.316. The number of anilines is 2. The van der Waals surface area contributed by atoms with E-state index in [1.54, 1.807) is 24.3 Å². The van der Waals surface area contributed by atoms with Crippen LogP contribution in [0.2, 0.25) is 5.02 Å². The monoisotopic (exact) mass is 394 g/mol. The fourth-order valence-electron chi connectivity index (χ4n) is 2.47. The van der Waals surface area contributed by atoms with Crippen LogP contribution < -0.4 is 9.62 Å². The number of rotatable bonds is 8. The van der Waals surface area contributed by atoms with Crippen LogP contribution in [-0.4, -0.2) is 27.1 Å². The van der Waals surface area contributed by atoms with Gasteiger partial charge in [0.25, 0.3) is 0 Å². The Balaban J connectivity index is 2.06. The van der Waals surface area contributed by atoms with Crippen molar-refractivity contribution in [3.63, 3.8) is 0 Å². The second-order valence-electron chi connectivity index (χ2n) is 6.09. The van der Waals surface area contributed by atoms with Crippen LogP contribution in [0.4, 0.5) is 11.4 Å². The molecule has 0 aliphatic rings. The van der Waals surface area contributed by atoms with E-state index in [-0.39, 0.29) is 6.54 Å². The molecule has 0 unspecified atom stereocenters. The average Bonchev–Trinajstić information content (AvgIpc) is 2.59. The highest BCUT2D eigenvalue weighted by molar-refractivity contribution is 7.92. The van der Waals surface area contributed by atoms with E-state index in [0.29, 0.717) is 16.4 Å². The number of sulfonamides is 1. The van der Waals surface area contributed by atoms with Crippen molar-refractivity contribution in [3.05, 3.63) is 59.1 Å². The Hall–Kier alpha value is -2.05. The largest absolute Gasteiger partial charge is 0.325 e. The molecular weight excluding hydrogens is 372 g/mol. The third-order valence-electron chi connectivity index (χ3n) is 3.86. The molecule has 1 N–H and O–H groups in total. The van der Waals surface area contributed by atoms with Gasteiger partial charge in [0.15, 0.2) is 0 Å². The van der Waals surface area contributed by atoms with E-state index >= 15 is 0 Å². The Bertz CT molecular complexity index is 834. The topological polar surface area (TPSA) is 66.5 Å². The molecule has 2 aromatic carbocycles. The predicted octanol–water partition coefficient (Wildman–Crippen LogP) is 4.09. The van der Waals surface area contributed by atoms with Crippen molar-refractivity contribution in [1.82, 2.24) is 0 Å². The average molecular weight is 395 g/mol. The van der Waals surface area contributed by atoms with Gasteiger partial charge in [-0.1, -0.05) is 37.1 Å². The summed E-state index contributed by atoms with van der Waals surface area (Å²) in [7, 11) is -3.61. The fourth-order valence-corrected chi connectivity index (χ4v) is 3.46. The first-order valence-electron chi connectivity index (χ1n) is 8.41. The Morgan fingerprint density at radius 3 is 2.23 bits per heavy atom. The minimum Gasteiger partial charge on any atom is -0.325 e. The predicted molar refractivity (Wildman–Crippen MR) is 107 cm³/mol. The van der Waals surface area contributed by atoms with Gasteiger partial charge in [0, 0.05) is 10.7 Å². The molecule has 1 amide bonds. The summed E-state index contributed by atoms with van der Waals surface area (Å²) >= 11 is 5.84. The van der Waals surface area contributed by atoms with Crippen LogP contribution >= 0.6 is 11.6 Å². The zero-order valence-electron chi connectivity index (χ0n) is 14.9. The number of carbonyl (C=O) groups excluding carboxylic acids is 1. The highest BCUT2D eigenvalue weighted by Gasteiger charge is 2.20. The number of nitrogens with zero attached hydrogens (tertiary/aromatic N) is 1. The van der Waals surface area contributed by atoms with Gasteiger partial charge in [-0.05, 0) is 54.8 Å². The van der Waals surface area contributed by atoms with Gasteiger partial charge in [0.2, 0.25) is 15.9 Å². The summed E-state index contributed by atoms with van der Waals surface area (Å²) in [5, 5.41) is 3.23. The lowest BCUT2D eigenvalue weighted by Crippen LogP contribution is -2.37. The summed E-state index contributed by atoms with van der Waals surface area (Å²) < 4.78 is 25.2. The van der Waals surface area contributed by atoms with Crippen LogP contribution in [0.3, 0.4) is 0 Å². The van der Waals surface area contributed by atoms with Gasteiger partial charge >= 0.3 is 0 Å². The second kappa shape index (κ2) is 9.05. The van der Waals surface area contributed by atoms with Crippen molar-refractivity contribution in [2.45, 2.75) is 26.2 Å². The molecule has 26 heavy (non-hydrogen) atoms. The van der Waals surface area contributed by atoms with Gasteiger partial charge in [-0.2, -0.15) is 0 Å². The molecule has 0 aliphatic carbocycles. The van der Waals surface area contributed by atoms with Crippen molar-refractivity contribution in [1.29, 1.82) is 0 Å². The molecular formula is C19H23ClN2O3S. The molecule has 140 valence electrons. The SMILES string of the molecule is CCCCc1ccc(NC(=O)CN(c2ccc(Cl)cc2)S(C)(=O)=O)cc1. The van der Waals surface area contributed by atoms with Crippen LogP contribution in [0, 0.1) is 0 Å². The van der Waals surface area contributed by atoms with Crippen LogP contribution in [-0.2, 0) is 21.2 Å². The van der Waals surface area contributed by atoms with E-state index in [2.05, 4.69) is 12.2 Å². The molecule has 0 spiro atoms. The standard InChI is InChI=1S/C19H23ClN2O3S/c1-3-4-5-15-6-10-17(11-7-15)21-19(23)14-22(26(2,24)25)18-12-8-16(20)9-13-18/h6-13H,3-5,14H2,1-2H3,(H,21,23). The number of halogens is 1. The lowest BCUT2D eigenvalue weighted by Gasteiger charge is -2.22. The molecule has 0 atom stereocenters. The van der Waals surface area contributed by atoms with Crippen molar-refractivity contribution < 1.29 is 13.2 Å². The Morgan fingerprint density at radius 1 is 1.08 bits per heavy atom. The minimum atomic E-state index is -3.61. The zero-order valence-corrected chi connectivity index (χ0v) is 16.5. The molecule has 0 bridgehead atoms. The molecule has 0 heterocycles. The van der Waals surface area contributed by atoms with E-state index in [4.69, 9.17) is 11.6 Å². The van der Waals surface area contributed by atoms with Crippen LogP contribution in [0.25, 0.3) is 0 Å². The lowest BCUT2D eigenvalue weighted by molar-refractivity contribution is -0.114. The smallest absolute Gasteiger partial charge is 0.245 e. The number of hydrogen-bond donors (Lipinski definition) is 1. The van der Waals surface area contributed by atoms with E-state index in [0.717, 1.165) is 29.8 Å². The van der Waals surface area contributed by atoms with Gasteiger partial charge in [-0.15, -0.1) is 0 Å². The Morgan fingerprint density at radius 2 is 1.69 bits per heavy atom. The highest BCUT2D eigenvalue weighted by atomic mass is 35.5. The first kappa shape index (κ1) is 20.3. The molecule has 0 aromatic heterocycles. The molecule has 5 nitrogen and oxygen atoms in total. The van der Waals surface area contributed by atoms with Gasteiger partial charge in [0.05, 0.1) is 11.9 Å². The van der Waals surface area contributed by atoms with Crippen molar-refractivity contribution in [2.75, 3.05) is 22.4 Å². The molecule has 2 aromatic rings. The van der Waals surface area contributed by atoms with Crippen LogP contribution in [0.1, 0.15) is 25.3 Å². The summed E-state index contributed by atoms with van der Waals surface area (Å²) in [6, 6.07) is 13.9. The maximum Gasteiger partial charge on any atom is 0.245 e. The van der Waals surface area contributed by atoms with Gasteiger partial charge in [-0.3, -0.25) is 9.10 Å². The quantitative estimate of drug-likeness (QED) is 0.733. The highest BCUT2D eigenvalue weighted by Crippen LogP contribution is 2.20. The molecule has 0 radical (unpaired) electrons. The summed E-state index contributed by atoms with van der Waals surface area (Å²) in [5.41, 5.74) is 2.24. The number of unbranched alkanes of at least 4 members (excludes halogenated alkanes) is 1. The Kier molecular flexibility index (Phi) is 7.06. The molecule has 0 fully saturated rings. The van der Waals surface area contributed by atoms with Crippen molar-refractivity contribution in [3.8, 4) is 0 Å². The van der Waals surface area contributed by atoms with E-state index in [1.807, 2.05) is 24.3 Å². The number of carbonyl (C=O) groups is 1. The second-order valence-corrected chi connectivity index (χ2v) is 8.44. The molecule has 2 rings (SSSR count). The third kappa shape index (κ3) is 6.04. The van der Waals surface area contributed by atoms with Crippen LogP contribution in [0.5, 0.6) is 0 Å². The molecule has 0 saturated heterocycles. The number of nitrogens with one attached hydrogen (secondary N) is 1. The summed E-state index contributed by atoms with van der Waals surface area (Å²) in [6.07, 6.45) is 4.32. The zero-order chi connectivity index (χ0) is 19.2.